The Morgan fingerprint density at radius 2 is 1.74 bits per heavy atom. The van der Waals surface area contributed by atoms with Gasteiger partial charge in [0.2, 0.25) is 0 Å². The number of carbonyl (C=O) groups excluding carboxylic acids is 1. The first-order valence-corrected chi connectivity index (χ1v) is 13.2. The lowest BCUT2D eigenvalue weighted by atomic mass is 9.90. The predicted octanol–water partition coefficient (Wildman–Crippen LogP) is 6.26. The lowest BCUT2D eigenvalue weighted by Crippen LogP contribution is -2.35. The molecule has 1 amide bonds. The molecule has 1 aliphatic heterocycles. The summed E-state index contributed by atoms with van der Waals surface area (Å²) in [4.78, 5) is 26.4. The van der Waals surface area contributed by atoms with E-state index in [1.807, 2.05) is 50.2 Å². The molecule has 0 bridgehead atoms. The SMILES string of the molecule is CC(C)Oc1cccc(CN(CC(=O)O)C(=O)c2ccc3c(c2)C[C@@](C)(Cc2ccc(C(C)C)cc2)O3)c1. The van der Waals surface area contributed by atoms with E-state index in [1.54, 1.807) is 6.07 Å². The molecule has 0 aromatic heterocycles. The lowest BCUT2D eigenvalue weighted by molar-refractivity contribution is -0.137. The smallest absolute Gasteiger partial charge is 0.323 e. The van der Waals surface area contributed by atoms with Crippen LogP contribution < -0.4 is 9.47 Å². The summed E-state index contributed by atoms with van der Waals surface area (Å²) in [7, 11) is 0. The summed E-state index contributed by atoms with van der Waals surface area (Å²) in [5, 5.41) is 9.50. The number of hydrogen-bond acceptors (Lipinski definition) is 4. The molecule has 6 nitrogen and oxygen atoms in total. The number of hydrogen-bond donors (Lipinski definition) is 1. The summed E-state index contributed by atoms with van der Waals surface area (Å²) in [5.74, 6) is 0.552. The van der Waals surface area contributed by atoms with Crippen LogP contribution in [0.5, 0.6) is 11.5 Å². The van der Waals surface area contributed by atoms with Crippen LogP contribution in [0.25, 0.3) is 0 Å². The number of rotatable bonds is 10. The largest absolute Gasteiger partial charge is 0.491 e. The van der Waals surface area contributed by atoms with Crippen LogP contribution in [0.3, 0.4) is 0 Å². The van der Waals surface area contributed by atoms with Gasteiger partial charge in [0.1, 0.15) is 23.6 Å². The molecule has 0 aliphatic carbocycles. The van der Waals surface area contributed by atoms with Crippen molar-refractivity contribution in [2.24, 2.45) is 0 Å². The third-order valence-electron chi connectivity index (χ3n) is 6.71. The zero-order chi connectivity index (χ0) is 27.4. The van der Waals surface area contributed by atoms with Gasteiger partial charge in [-0.3, -0.25) is 9.59 Å². The Morgan fingerprint density at radius 3 is 2.39 bits per heavy atom. The molecule has 0 fully saturated rings. The molecular weight excluding hydrogens is 478 g/mol. The van der Waals surface area contributed by atoms with E-state index < -0.39 is 18.1 Å². The van der Waals surface area contributed by atoms with Gasteiger partial charge in [-0.25, -0.2) is 0 Å². The van der Waals surface area contributed by atoms with Crippen LogP contribution in [0.15, 0.2) is 66.7 Å². The highest BCUT2D eigenvalue weighted by Gasteiger charge is 2.35. The van der Waals surface area contributed by atoms with E-state index >= 15 is 0 Å². The third kappa shape index (κ3) is 6.74. The number of aliphatic carboxylic acids is 1. The van der Waals surface area contributed by atoms with Crippen LogP contribution >= 0.6 is 0 Å². The van der Waals surface area contributed by atoms with E-state index in [-0.39, 0.29) is 18.6 Å². The van der Waals surface area contributed by atoms with Gasteiger partial charge >= 0.3 is 5.97 Å². The first kappa shape index (κ1) is 27.2. The molecule has 0 unspecified atom stereocenters. The Hall–Kier alpha value is -3.80. The molecular formula is C32H37NO5. The van der Waals surface area contributed by atoms with Gasteiger partial charge in [0.25, 0.3) is 5.91 Å². The minimum absolute atomic E-state index is 0.0146. The topological polar surface area (TPSA) is 76.1 Å². The van der Waals surface area contributed by atoms with Crippen LogP contribution in [0.1, 0.15) is 73.1 Å². The molecule has 0 saturated carbocycles. The number of amides is 1. The summed E-state index contributed by atoms with van der Waals surface area (Å²) < 4.78 is 12.1. The van der Waals surface area contributed by atoms with Gasteiger partial charge < -0.3 is 19.5 Å². The van der Waals surface area contributed by atoms with Gasteiger partial charge in [0.05, 0.1) is 6.10 Å². The zero-order valence-corrected chi connectivity index (χ0v) is 22.9. The second-order valence-electron chi connectivity index (χ2n) is 11.0. The van der Waals surface area contributed by atoms with Crippen LogP contribution in [-0.4, -0.2) is 40.1 Å². The van der Waals surface area contributed by atoms with E-state index in [1.165, 1.54) is 16.0 Å². The fourth-order valence-electron chi connectivity index (χ4n) is 4.96. The maximum atomic E-state index is 13.5. The van der Waals surface area contributed by atoms with Crippen molar-refractivity contribution in [2.45, 2.75) is 71.6 Å². The summed E-state index contributed by atoms with van der Waals surface area (Å²) in [6.07, 6.45) is 1.44. The van der Waals surface area contributed by atoms with Crippen molar-refractivity contribution in [3.05, 3.63) is 94.5 Å². The zero-order valence-electron chi connectivity index (χ0n) is 22.9. The molecule has 200 valence electrons. The molecule has 3 aromatic carbocycles. The second kappa shape index (κ2) is 11.3. The Kier molecular flexibility index (Phi) is 8.10. The highest BCUT2D eigenvalue weighted by Crippen LogP contribution is 2.38. The molecule has 38 heavy (non-hydrogen) atoms. The molecule has 0 spiro atoms. The van der Waals surface area contributed by atoms with Crippen molar-refractivity contribution in [3.8, 4) is 11.5 Å². The van der Waals surface area contributed by atoms with Crippen LogP contribution in [-0.2, 0) is 24.2 Å². The molecule has 3 aromatic rings. The van der Waals surface area contributed by atoms with Crippen molar-refractivity contribution in [2.75, 3.05) is 6.54 Å². The number of carboxylic acids is 1. The number of carbonyl (C=O) groups is 2. The summed E-state index contributed by atoms with van der Waals surface area (Å²) >= 11 is 0. The van der Waals surface area contributed by atoms with Gasteiger partial charge in [-0.05, 0) is 79.3 Å². The number of benzene rings is 3. The Morgan fingerprint density at radius 1 is 1.00 bits per heavy atom. The Bertz CT molecular complexity index is 1300. The molecule has 0 radical (unpaired) electrons. The lowest BCUT2D eigenvalue weighted by Gasteiger charge is -2.24. The second-order valence-corrected chi connectivity index (χ2v) is 11.0. The minimum Gasteiger partial charge on any atom is -0.491 e. The predicted molar refractivity (Wildman–Crippen MR) is 148 cm³/mol. The van der Waals surface area contributed by atoms with Crippen molar-refractivity contribution >= 4 is 11.9 Å². The fourth-order valence-corrected chi connectivity index (χ4v) is 4.96. The van der Waals surface area contributed by atoms with Crippen molar-refractivity contribution in [1.29, 1.82) is 0 Å². The van der Waals surface area contributed by atoms with Gasteiger partial charge in [-0.15, -0.1) is 0 Å². The summed E-state index contributed by atoms with van der Waals surface area (Å²) in [5.41, 5.74) is 4.31. The maximum absolute atomic E-state index is 13.5. The first-order valence-electron chi connectivity index (χ1n) is 13.2. The van der Waals surface area contributed by atoms with Gasteiger partial charge in [0.15, 0.2) is 0 Å². The summed E-state index contributed by atoms with van der Waals surface area (Å²) in [6.45, 7) is 10.1. The van der Waals surface area contributed by atoms with Gasteiger partial charge in [-0.2, -0.15) is 0 Å². The van der Waals surface area contributed by atoms with Crippen molar-refractivity contribution in [3.63, 3.8) is 0 Å². The van der Waals surface area contributed by atoms with E-state index in [9.17, 15) is 14.7 Å². The summed E-state index contributed by atoms with van der Waals surface area (Å²) in [6, 6.07) is 21.5. The van der Waals surface area contributed by atoms with E-state index in [0.29, 0.717) is 23.7 Å². The number of carboxylic acid groups (broad SMARTS) is 1. The van der Waals surface area contributed by atoms with Crippen LogP contribution in [0.4, 0.5) is 0 Å². The molecule has 1 N–H and O–H groups in total. The van der Waals surface area contributed by atoms with E-state index in [2.05, 4.69) is 45.0 Å². The maximum Gasteiger partial charge on any atom is 0.323 e. The molecule has 1 aliphatic rings. The standard InChI is InChI=1S/C32H37NO5/c1-21(2)25-11-9-23(10-12-25)17-32(5)18-27-16-26(13-14-29(27)38-32)31(36)33(20-30(34)35)19-24-7-6-8-28(15-24)37-22(3)4/h6-16,21-22H,17-20H2,1-5H3,(H,34,35)/t32-/m1/s1. The molecule has 4 rings (SSSR count). The number of ether oxygens (including phenoxy) is 2. The van der Waals surface area contributed by atoms with Gasteiger partial charge in [-0.1, -0.05) is 50.2 Å². The molecule has 1 heterocycles. The van der Waals surface area contributed by atoms with Crippen LogP contribution in [0.2, 0.25) is 0 Å². The average Bonchev–Trinajstić information content (AvgIpc) is 3.17. The van der Waals surface area contributed by atoms with Crippen LogP contribution in [0, 0.1) is 0 Å². The number of fused-ring (bicyclic) bond motifs is 1. The third-order valence-corrected chi connectivity index (χ3v) is 6.71. The highest BCUT2D eigenvalue weighted by molar-refractivity contribution is 5.96. The van der Waals surface area contributed by atoms with Gasteiger partial charge in [0, 0.05) is 24.9 Å². The number of nitrogens with zero attached hydrogens (tertiary/aromatic N) is 1. The molecule has 1 atom stereocenters. The van der Waals surface area contributed by atoms with E-state index in [0.717, 1.165) is 23.3 Å². The Balaban J connectivity index is 1.50. The highest BCUT2D eigenvalue weighted by atomic mass is 16.5. The van der Waals surface area contributed by atoms with Crippen molar-refractivity contribution < 1.29 is 24.2 Å². The monoisotopic (exact) mass is 515 g/mol. The first-order chi connectivity index (χ1) is 18.0. The quantitative estimate of drug-likeness (QED) is 0.345. The molecule has 0 saturated heterocycles. The molecule has 6 heteroatoms. The average molecular weight is 516 g/mol. The fraction of sp³-hybridized carbons (Fsp3) is 0.375. The normalized spacial score (nSPS) is 16.3. The van der Waals surface area contributed by atoms with E-state index in [4.69, 9.17) is 9.47 Å². The Labute approximate surface area is 225 Å². The minimum atomic E-state index is -1.06. The van der Waals surface area contributed by atoms with Crippen molar-refractivity contribution in [1.82, 2.24) is 4.90 Å².